The minimum atomic E-state index is -0.353. The molecule has 1 aromatic carbocycles. The summed E-state index contributed by atoms with van der Waals surface area (Å²) in [6, 6.07) is 5.51. The number of benzene rings is 1. The Morgan fingerprint density at radius 2 is 2.14 bits per heavy atom. The SMILES string of the molecule is I.NC(=NCC(=O)Nc1ccc(F)cc1)NCC1CCCO1. The van der Waals surface area contributed by atoms with Crippen molar-refractivity contribution in [1.29, 1.82) is 0 Å². The molecular weight excluding hydrogens is 402 g/mol. The van der Waals surface area contributed by atoms with Gasteiger partial charge in [-0.2, -0.15) is 0 Å². The van der Waals surface area contributed by atoms with E-state index in [-0.39, 0.29) is 54.3 Å². The molecule has 122 valence electrons. The third-order valence-corrected chi connectivity index (χ3v) is 3.06. The average molecular weight is 422 g/mol. The number of nitrogens with one attached hydrogen (secondary N) is 2. The molecule has 2 rings (SSSR count). The van der Waals surface area contributed by atoms with E-state index in [1.54, 1.807) is 0 Å². The molecule has 0 radical (unpaired) electrons. The summed E-state index contributed by atoms with van der Waals surface area (Å²) in [4.78, 5) is 15.6. The van der Waals surface area contributed by atoms with Gasteiger partial charge >= 0.3 is 0 Å². The lowest BCUT2D eigenvalue weighted by molar-refractivity contribution is -0.114. The highest BCUT2D eigenvalue weighted by Gasteiger charge is 2.14. The summed E-state index contributed by atoms with van der Waals surface area (Å²) < 4.78 is 18.2. The van der Waals surface area contributed by atoms with E-state index in [1.165, 1.54) is 24.3 Å². The van der Waals surface area contributed by atoms with Gasteiger partial charge in [0.1, 0.15) is 12.4 Å². The van der Waals surface area contributed by atoms with Gasteiger partial charge in [0.2, 0.25) is 5.91 Å². The van der Waals surface area contributed by atoms with Gasteiger partial charge in [0.25, 0.3) is 0 Å². The summed E-state index contributed by atoms with van der Waals surface area (Å²) >= 11 is 0. The second-order valence-electron chi connectivity index (χ2n) is 4.77. The first-order valence-corrected chi connectivity index (χ1v) is 6.84. The quantitative estimate of drug-likeness (QED) is 0.381. The van der Waals surface area contributed by atoms with E-state index in [9.17, 15) is 9.18 Å². The summed E-state index contributed by atoms with van der Waals surface area (Å²) in [5, 5.41) is 5.53. The maximum absolute atomic E-state index is 12.7. The maximum Gasteiger partial charge on any atom is 0.246 e. The Kier molecular flexibility index (Phi) is 8.10. The third kappa shape index (κ3) is 6.56. The molecule has 0 aromatic heterocycles. The van der Waals surface area contributed by atoms with Crippen molar-refractivity contribution in [3.8, 4) is 0 Å². The molecule has 0 saturated carbocycles. The number of aliphatic imine (C=N–C) groups is 1. The molecule has 0 aliphatic carbocycles. The van der Waals surface area contributed by atoms with Gasteiger partial charge in [0.15, 0.2) is 5.96 Å². The highest BCUT2D eigenvalue weighted by molar-refractivity contribution is 14.0. The summed E-state index contributed by atoms with van der Waals surface area (Å²) in [5.41, 5.74) is 6.18. The van der Waals surface area contributed by atoms with E-state index in [0.717, 1.165) is 19.4 Å². The minimum Gasteiger partial charge on any atom is -0.376 e. The number of carbonyl (C=O) groups is 1. The van der Waals surface area contributed by atoms with Crippen LogP contribution in [0, 0.1) is 5.82 Å². The van der Waals surface area contributed by atoms with Crippen molar-refractivity contribution in [1.82, 2.24) is 5.32 Å². The molecule has 1 saturated heterocycles. The number of nitrogens with zero attached hydrogens (tertiary/aromatic N) is 1. The van der Waals surface area contributed by atoms with Crippen LogP contribution < -0.4 is 16.4 Å². The molecule has 4 N–H and O–H groups in total. The lowest BCUT2D eigenvalue weighted by atomic mass is 10.2. The Morgan fingerprint density at radius 3 is 2.77 bits per heavy atom. The molecule has 1 amide bonds. The van der Waals surface area contributed by atoms with Crippen LogP contribution >= 0.6 is 24.0 Å². The van der Waals surface area contributed by atoms with Crippen molar-refractivity contribution in [3.63, 3.8) is 0 Å². The van der Waals surface area contributed by atoms with Crippen LogP contribution in [0.25, 0.3) is 0 Å². The number of hydrogen-bond donors (Lipinski definition) is 3. The summed E-state index contributed by atoms with van der Waals surface area (Å²) in [6.07, 6.45) is 2.22. The van der Waals surface area contributed by atoms with E-state index in [4.69, 9.17) is 10.5 Å². The topological polar surface area (TPSA) is 88.7 Å². The van der Waals surface area contributed by atoms with Crippen molar-refractivity contribution in [2.75, 3.05) is 25.0 Å². The zero-order valence-electron chi connectivity index (χ0n) is 12.0. The highest BCUT2D eigenvalue weighted by atomic mass is 127. The van der Waals surface area contributed by atoms with Crippen LogP contribution in [0.5, 0.6) is 0 Å². The van der Waals surface area contributed by atoms with Crippen LogP contribution in [0.1, 0.15) is 12.8 Å². The van der Waals surface area contributed by atoms with Gasteiger partial charge in [0, 0.05) is 18.8 Å². The predicted octanol–water partition coefficient (Wildman–Crippen LogP) is 1.47. The number of anilines is 1. The Morgan fingerprint density at radius 1 is 1.41 bits per heavy atom. The molecule has 1 heterocycles. The zero-order chi connectivity index (χ0) is 15.1. The van der Waals surface area contributed by atoms with Crippen molar-refractivity contribution in [2.45, 2.75) is 18.9 Å². The molecule has 8 heteroatoms. The Bertz CT molecular complexity index is 504. The van der Waals surface area contributed by atoms with Gasteiger partial charge in [-0.15, -0.1) is 24.0 Å². The molecular formula is C14H20FIN4O2. The second kappa shape index (κ2) is 9.57. The summed E-state index contributed by atoms with van der Waals surface area (Å²) in [6.45, 7) is 1.28. The Labute approximate surface area is 145 Å². The predicted molar refractivity (Wildman–Crippen MR) is 93.9 cm³/mol. The van der Waals surface area contributed by atoms with Gasteiger partial charge in [-0.25, -0.2) is 9.38 Å². The second-order valence-corrected chi connectivity index (χ2v) is 4.77. The Hall–Kier alpha value is -1.42. The summed E-state index contributed by atoms with van der Waals surface area (Å²) in [5.74, 6) is -0.461. The standard InChI is InChI=1S/C14H19FN4O2.HI/c15-10-3-5-11(6-4-10)19-13(20)9-18-14(16)17-8-12-2-1-7-21-12;/h3-6,12H,1-2,7-9H2,(H,19,20)(H3,16,17,18);1H. The van der Waals surface area contributed by atoms with Crippen LogP contribution in [0.3, 0.4) is 0 Å². The average Bonchev–Trinajstić information content (AvgIpc) is 2.99. The summed E-state index contributed by atoms with van der Waals surface area (Å²) in [7, 11) is 0. The van der Waals surface area contributed by atoms with Gasteiger partial charge in [-0.05, 0) is 37.1 Å². The van der Waals surface area contributed by atoms with Crippen molar-refractivity contribution in [3.05, 3.63) is 30.1 Å². The lowest BCUT2D eigenvalue weighted by Gasteiger charge is -2.11. The molecule has 1 aromatic rings. The van der Waals surface area contributed by atoms with E-state index in [2.05, 4.69) is 15.6 Å². The lowest BCUT2D eigenvalue weighted by Crippen LogP contribution is -2.37. The largest absolute Gasteiger partial charge is 0.376 e. The fourth-order valence-corrected chi connectivity index (χ4v) is 1.97. The minimum absolute atomic E-state index is 0. The molecule has 1 aliphatic heterocycles. The van der Waals surface area contributed by atoms with Crippen LogP contribution in [0.4, 0.5) is 10.1 Å². The highest BCUT2D eigenvalue weighted by Crippen LogP contribution is 2.10. The van der Waals surface area contributed by atoms with Crippen LogP contribution in [-0.4, -0.2) is 37.7 Å². The molecule has 1 atom stereocenters. The van der Waals surface area contributed by atoms with Gasteiger partial charge in [-0.3, -0.25) is 4.79 Å². The molecule has 0 spiro atoms. The molecule has 0 bridgehead atoms. The van der Waals surface area contributed by atoms with Gasteiger partial charge < -0.3 is 21.1 Å². The first-order valence-electron chi connectivity index (χ1n) is 6.84. The molecule has 6 nitrogen and oxygen atoms in total. The first-order chi connectivity index (χ1) is 10.1. The molecule has 1 aliphatic rings. The number of amides is 1. The molecule has 1 unspecified atom stereocenters. The number of hydrogen-bond acceptors (Lipinski definition) is 3. The third-order valence-electron chi connectivity index (χ3n) is 3.06. The van der Waals surface area contributed by atoms with Crippen LogP contribution in [-0.2, 0) is 9.53 Å². The molecule has 22 heavy (non-hydrogen) atoms. The van der Waals surface area contributed by atoms with E-state index in [1.807, 2.05) is 0 Å². The van der Waals surface area contributed by atoms with E-state index < -0.39 is 0 Å². The number of guanidine groups is 1. The van der Waals surface area contributed by atoms with Crippen molar-refractivity contribution in [2.24, 2.45) is 10.7 Å². The van der Waals surface area contributed by atoms with Crippen molar-refractivity contribution >= 4 is 41.5 Å². The number of ether oxygens (including phenoxy) is 1. The van der Waals surface area contributed by atoms with E-state index in [0.29, 0.717) is 12.2 Å². The van der Waals surface area contributed by atoms with Gasteiger partial charge in [0.05, 0.1) is 6.10 Å². The number of carbonyl (C=O) groups excluding carboxylic acids is 1. The van der Waals surface area contributed by atoms with Gasteiger partial charge in [-0.1, -0.05) is 0 Å². The van der Waals surface area contributed by atoms with Crippen molar-refractivity contribution < 1.29 is 13.9 Å². The normalized spacial score (nSPS) is 17.7. The van der Waals surface area contributed by atoms with E-state index >= 15 is 0 Å². The number of halogens is 2. The number of nitrogens with two attached hydrogens (primary N) is 1. The van der Waals surface area contributed by atoms with Crippen LogP contribution in [0.2, 0.25) is 0 Å². The zero-order valence-corrected chi connectivity index (χ0v) is 14.4. The first kappa shape index (κ1) is 18.6. The fraction of sp³-hybridized carbons (Fsp3) is 0.429. The number of rotatable bonds is 5. The molecule has 1 fully saturated rings. The maximum atomic E-state index is 12.7. The van der Waals surface area contributed by atoms with Crippen LogP contribution in [0.15, 0.2) is 29.3 Å². The monoisotopic (exact) mass is 422 g/mol. The Balaban J connectivity index is 0.00000242. The smallest absolute Gasteiger partial charge is 0.246 e. The fourth-order valence-electron chi connectivity index (χ4n) is 1.97.